The van der Waals surface area contributed by atoms with Gasteiger partial charge in [-0.25, -0.2) is 8.42 Å². The number of piperazine rings is 1. The number of rotatable bonds is 7. The summed E-state index contributed by atoms with van der Waals surface area (Å²) in [6.45, 7) is 5.64. The van der Waals surface area contributed by atoms with Crippen LogP contribution in [0.4, 0.5) is 5.69 Å². The molecule has 1 saturated heterocycles. The standard InChI is InChI=1S/C19H23N3O5S/c1-16-2-6-18(7-3-16)27-15-14-20-10-12-21(13-11-20)28(25,26)19-8-4-17(5-9-19)22(23)24/h2-9H,10-15H2,1H3/p+1. The van der Waals surface area contributed by atoms with Gasteiger partial charge in [-0.05, 0) is 31.2 Å². The average molecular weight is 406 g/mol. The lowest BCUT2D eigenvalue weighted by Gasteiger charge is -2.31. The van der Waals surface area contributed by atoms with Gasteiger partial charge in [-0.3, -0.25) is 10.1 Å². The predicted octanol–water partition coefficient (Wildman–Crippen LogP) is 0.871. The maximum Gasteiger partial charge on any atom is 0.269 e. The van der Waals surface area contributed by atoms with Gasteiger partial charge in [-0.2, -0.15) is 4.31 Å². The number of non-ortho nitro benzene ring substituents is 1. The molecule has 0 amide bonds. The monoisotopic (exact) mass is 406 g/mol. The Morgan fingerprint density at radius 1 is 1.07 bits per heavy atom. The Labute approximate surface area is 164 Å². The molecule has 0 spiro atoms. The number of hydrogen-bond acceptors (Lipinski definition) is 5. The highest BCUT2D eigenvalue weighted by molar-refractivity contribution is 7.89. The molecule has 1 heterocycles. The van der Waals surface area contributed by atoms with Gasteiger partial charge in [-0.1, -0.05) is 17.7 Å². The SMILES string of the molecule is Cc1ccc(OCC[NH+]2CCN(S(=O)(=O)c3ccc([N+](=O)[O-])cc3)CC2)cc1. The van der Waals surface area contributed by atoms with Crippen molar-refractivity contribution in [2.75, 3.05) is 39.3 Å². The topological polar surface area (TPSA) is 94.2 Å². The minimum absolute atomic E-state index is 0.0873. The van der Waals surface area contributed by atoms with Crippen molar-refractivity contribution in [3.05, 3.63) is 64.2 Å². The van der Waals surface area contributed by atoms with Crippen molar-refractivity contribution >= 4 is 15.7 Å². The van der Waals surface area contributed by atoms with Crippen LogP contribution in [0.1, 0.15) is 5.56 Å². The number of nitrogens with zero attached hydrogens (tertiary/aromatic N) is 2. The number of sulfonamides is 1. The molecule has 3 rings (SSSR count). The van der Waals surface area contributed by atoms with Crippen molar-refractivity contribution < 1.29 is 23.0 Å². The van der Waals surface area contributed by atoms with Gasteiger partial charge in [-0.15, -0.1) is 0 Å². The highest BCUT2D eigenvalue weighted by Gasteiger charge is 2.30. The summed E-state index contributed by atoms with van der Waals surface area (Å²) in [5.74, 6) is 0.837. The molecule has 0 aliphatic carbocycles. The normalized spacial score (nSPS) is 16.0. The lowest BCUT2D eigenvalue weighted by atomic mass is 10.2. The third-order valence-electron chi connectivity index (χ3n) is 4.86. The fourth-order valence-corrected chi connectivity index (χ4v) is 4.57. The second-order valence-electron chi connectivity index (χ2n) is 6.82. The second-order valence-corrected chi connectivity index (χ2v) is 8.75. The first kappa shape index (κ1) is 20.2. The van der Waals surface area contributed by atoms with Crippen LogP contribution >= 0.6 is 0 Å². The van der Waals surface area contributed by atoms with Gasteiger partial charge in [0.05, 0.1) is 36.0 Å². The molecule has 2 aromatic carbocycles. The van der Waals surface area contributed by atoms with E-state index in [-0.39, 0.29) is 10.6 Å². The molecular weight excluding hydrogens is 382 g/mol. The Morgan fingerprint density at radius 2 is 1.68 bits per heavy atom. The van der Waals surface area contributed by atoms with E-state index in [9.17, 15) is 18.5 Å². The second kappa shape index (κ2) is 8.68. The van der Waals surface area contributed by atoms with Gasteiger partial charge in [0.2, 0.25) is 10.0 Å². The lowest BCUT2D eigenvalue weighted by Crippen LogP contribution is -3.15. The number of hydrogen-bond donors (Lipinski definition) is 1. The Hall–Kier alpha value is -2.49. The third kappa shape index (κ3) is 4.86. The molecule has 2 aromatic rings. The summed E-state index contributed by atoms with van der Waals surface area (Å²) in [5.41, 5.74) is 1.06. The van der Waals surface area contributed by atoms with Gasteiger partial charge < -0.3 is 9.64 Å². The molecule has 28 heavy (non-hydrogen) atoms. The summed E-state index contributed by atoms with van der Waals surface area (Å²) < 4.78 is 32.6. The molecule has 150 valence electrons. The molecule has 0 saturated carbocycles. The fraction of sp³-hybridized carbons (Fsp3) is 0.368. The molecule has 0 radical (unpaired) electrons. The van der Waals surface area contributed by atoms with E-state index in [1.165, 1.54) is 39.0 Å². The van der Waals surface area contributed by atoms with Crippen molar-refractivity contribution in [1.29, 1.82) is 0 Å². The Bertz CT molecular complexity index is 906. The maximum absolute atomic E-state index is 12.7. The van der Waals surface area contributed by atoms with Gasteiger partial charge >= 0.3 is 0 Å². The van der Waals surface area contributed by atoms with E-state index in [0.29, 0.717) is 32.8 Å². The largest absolute Gasteiger partial charge is 0.488 e. The van der Waals surface area contributed by atoms with Crippen molar-refractivity contribution in [3.63, 3.8) is 0 Å². The van der Waals surface area contributed by atoms with Crippen molar-refractivity contribution in [2.24, 2.45) is 0 Å². The van der Waals surface area contributed by atoms with E-state index in [1.807, 2.05) is 31.2 Å². The number of quaternary nitrogens is 1. The lowest BCUT2D eigenvalue weighted by molar-refractivity contribution is -0.903. The van der Waals surface area contributed by atoms with Crippen LogP contribution in [0.3, 0.4) is 0 Å². The van der Waals surface area contributed by atoms with E-state index < -0.39 is 14.9 Å². The summed E-state index contributed by atoms with van der Waals surface area (Å²) in [4.78, 5) is 11.6. The summed E-state index contributed by atoms with van der Waals surface area (Å²) in [7, 11) is -3.63. The van der Waals surface area contributed by atoms with E-state index in [2.05, 4.69) is 0 Å². The summed E-state index contributed by atoms with van der Waals surface area (Å²) in [6.07, 6.45) is 0. The predicted molar refractivity (Wildman–Crippen MR) is 104 cm³/mol. The van der Waals surface area contributed by atoms with E-state index in [4.69, 9.17) is 4.74 Å². The maximum atomic E-state index is 12.7. The average Bonchev–Trinajstić information content (AvgIpc) is 2.70. The summed E-state index contributed by atoms with van der Waals surface area (Å²) in [5, 5.41) is 10.7. The van der Waals surface area contributed by atoms with Gasteiger partial charge in [0.1, 0.15) is 18.9 Å². The molecule has 0 unspecified atom stereocenters. The fourth-order valence-electron chi connectivity index (χ4n) is 3.13. The van der Waals surface area contributed by atoms with Crippen LogP contribution < -0.4 is 9.64 Å². The number of ether oxygens (including phenoxy) is 1. The Balaban J connectivity index is 1.49. The van der Waals surface area contributed by atoms with Crippen LogP contribution in [-0.4, -0.2) is 57.0 Å². The number of nitro benzene ring substituents is 1. The van der Waals surface area contributed by atoms with Crippen LogP contribution in [0.15, 0.2) is 53.4 Å². The van der Waals surface area contributed by atoms with E-state index in [0.717, 1.165) is 12.3 Å². The first-order chi connectivity index (χ1) is 13.4. The molecule has 1 aliphatic heterocycles. The smallest absolute Gasteiger partial charge is 0.269 e. The third-order valence-corrected chi connectivity index (χ3v) is 6.77. The van der Waals surface area contributed by atoms with Crippen molar-refractivity contribution in [1.82, 2.24) is 4.31 Å². The van der Waals surface area contributed by atoms with Crippen LogP contribution in [0, 0.1) is 17.0 Å². The Morgan fingerprint density at radius 3 is 2.25 bits per heavy atom. The first-order valence-electron chi connectivity index (χ1n) is 9.14. The number of benzene rings is 2. The number of nitrogens with one attached hydrogen (secondary N) is 1. The quantitative estimate of drug-likeness (QED) is 0.544. The highest BCUT2D eigenvalue weighted by atomic mass is 32.2. The first-order valence-corrected chi connectivity index (χ1v) is 10.6. The molecular formula is C19H24N3O5S+. The van der Waals surface area contributed by atoms with Crippen LogP contribution in [0.2, 0.25) is 0 Å². The molecule has 0 aromatic heterocycles. The van der Waals surface area contributed by atoms with E-state index >= 15 is 0 Å². The van der Waals surface area contributed by atoms with Crippen molar-refractivity contribution in [2.45, 2.75) is 11.8 Å². The van der Waals surface area contributed by atoms with Crippen LogP contribution in [-0.2, 0) is 10.0 Å². The zero-order valence-electron chi connectivity index (χ0n) is 15.7. The Kier molecular flexibility index (Phi) is 6.28. The zero-order chi connectivity index (χ0) is 20.1. The van der Waals surface area contributed by atoms with Gasteiger partial charge in [0, 0.05) is 12.1 Å². The van der Waals surface area contributed by atoms with Gasteiger partial charge in [0.25, 0.3) is 5.69 Å². The molecule has 1 fully saturated rings. The zero-order valence-corrected chi connectivity index (χ0v) is 16.5. The molecule has 1 aliphatic rings. The minimum atomic E-state index is -3.63. The summed E-state index contributed by atoms with van der Waals surface area (Å²) in [6, 6.07) is 12.9. The van der Waals surface area contributed by atoms with Crippen molar-refractivity contribution in [3.8, 4) is 5.75 Å². The number of nitro groups is 1. The highest BCUT2D eigenvalue weighted by Crippen LogP contribution is 2.19. The van der Waals surface area contributed by atoms with Crippen LogP contribution in [0.25, 0.3) is 0 Å². The summed E-state index contributed by atoms with van der Waals surface area (Å²) >= 11 is 0. The molecule has 9 heteroatoms. The minimum Gasteiger partial charge on any atom is -0.488 e. The molecule has 1 N–H and O–H groups in total. The molecule has 0 atom stereocenters. The van der Waals surface area contributed by atoms with Crippen LogP contribution in [0.5, 0.6) is 5.75 Å². The van der Waals surface area contributed by atoms with Gasteiger partial charge in [0.15, 0.2) is 0 Å². The van der Waals surface area contributed by atoms with E-state index in [1.54, 1.807) is 0 Å². The number of aryl methyl sites for hydroxylation is 1. The molecule has 8 nitrogen and oxygen atoms in total. The molecule has 0 bridgehead atoms.